The van der Waals surface area contributed by atoms with Gasteiger partial charge in [-0.1, -0.05) is 18.2 Å². The Hall–Kier alpha value is -1.75. The second-order valence-corrected chi connectivity index (χ2v) is 5.95. The Balaban J connectivity index is 1.81. The molecule has 1 aliphatic carbocycles. The van der Waals surface area contributed by atoms with Crippen LogP contribution in [0.15, 0.2) is 47.1 Å². The third kappa shape index (κ3) is 3.47. The molecule has 0 unspecified atom stereocenters. The van der Waals surface area contributed by atoms with Crippen LogP contribution in [-0.2, 0) is 6.54 Å². The summed E-state index contributed by atoms with van der Waals surface area (Å²) in [6.45, 7) is 0.484. The van der Waals surface area contributed by atoms with E-state index in [2.05, 4.69) is 20.9 Å². The van der Waals surface area contributed by atoms with E-state index in [0.29, 0.717) is 16.8 Å². The fourth-order valence-corrected chi connectivity index (χ4v) is 2.56. The van der Waals surface area contributed by atoms with E-state index in [4.69, 9.17) is 0 Å². The van der Waals surface area contributed by atoms with Crippen molar-refractivity contribution in [2.75, 3.05) is 0 Å². The Bertz CT molecular complexity index is 656. The number of pyridine rings is 1. The van der Waals surface area contributed by atoms with E-state index in [0.717, 1.165) is 18.4 Å². The molecular formula is C16H14BrFN2O. The fourth-order valence-electron chi connectivity index (χ4n) is 2.21. The van der Waals surface area contributed by atoms with Gasteiger partial charge >= 0.3 is 0 Å². The average Bonchev–Trinajstić information content (AvgIpc) is 3.30. The van der Waals surface area contributed by atoms with Gasteiger partial charge in [-0.2, -0.15) is 0 Å². The molecule has 1 aromatic carbocycles. The number of nitrogens with zero attached hydrogens (tertiary/aromatic N) is 2. The van der Waals surface area contributed by atoms with Crippen molar-refractivity contribution in [3.8, 4) is 0 Å². The van der Waals surface area contributed by atoms with Crippen LogP contribution in [0.1, 0.15) is 28.9 Å². The fraction of sp³-hybridized carbons (Fsp3) is 0.250. The zero-order chi connectivity index (χ0) is 14.8. The van der Waals surface area contributed by atoms with E-state index >= 15 is 0 Å². The number of aromatic nitrogens is 1. The van der Waals surface area contributed by atoms with Gasteiger partial charge in [-0.25, -0.2) is 9.37 Å². The first-order chi connectivity index (χ1) is 10.1. The van der Waals surface area contributed by atoms with Crippen molar-refractivity contribution >= 4 is 21.8 Å². The van der Waals surface area contributed by atoms with Gasteiger partial charge in [0.2, 0.25) is 0 Å². The highest BCUT2D eigenvalue weighted by Crippen LogP contribution is 2.29. The van der Waals surface area contributed by atoms with Crippen LogP contribution in [0.5, 0.6) is 0 Å². The van der Waals surface area contributed by atoms with E-state index in [-0.39, 0.29) is 17.8 Å². The quantitative estimate of drug-likeness (QED) is 0.787. The monoisotopic (exact) mass is 348 g/mol. The van der Waals surface area contributed by atoms with Crippen molar-refractivity contribution in [2.45, 2.75) is 25.4 Å². The maximum Gasteiger partial charge on any atom is 0.273 e. The van der Waals surface area contributed by atoms with Gasteiger partial charge < -0.3 is 4.90 Å². The summed E-state index contributed by atoms with van der Waals surface area (Å²) in [7, 11) is 0. The van der Waals surface area contributed by atoms with Crippen LogP contribution in [0.3, 0.4) is 0 Å². The van der Waals surface area contributed by atoms with Gasteiger partial charge in [0.05, 0.1) is 0 Å². The van der Waals surface area contributed by atoms with Crippen molar-refractivity contribution in [3.63, 3.8) is 0 Å². The molecule has 1 fully saturated rings. The molecule has 0 radical (unpaired) electrons. The maximum atomic E-state index is 13.0. The Morgan fingerprint density at radius 2 is 1.95 bits per heavy atom. The van der Waals surface area contributed by atoms with Crippen LogP contribution < -0.4 is 0 Å². The van der Waals surface area contributed by atoms with Crippen molar-refractivity contribution < 1.29 is 9.18 Å². The van der Waals surface area contributed by atoms with Crippen LogP contribution in [0.25, 0.3) is 0 Å². The summed E-state index contributed by atoms with van der Waals surface area (Å²) in [5.74, 6) is -0.347. The third-order valence-electron chi connectivity index (χ3n) is 3.45. The van der Waals surface area contributed by atoms with Gasteiger partial charge in [-0.05, 0) is 58.6 Å². The number of carbonyl (C=O) groups is 1. The van der Waals surface area contributed by atoms with Gasteiger partial charge in [-0.3, -0.25) is 4.79 Å². The smallest absolute Gasteiger partial charge is 0.273 e. The summed E-state index contributed by atoms with van der Waals surface area (Å²) in [5, 5.41) is 0. The molecule has 3 rings (SSSR count). The minimum atomic E-state index is -0.267. The number of hydrogen-bond acceptors (Lipinski definition) is 2. The van der Waals surface area contributed by atoms with Crippen molar-refractivity contribution in [2.24, 2.45) is 0 Å². The first kappa shape index (κ1) is 14.2. The van der Waals surface area contributed by atoms with E-state index in [1.165, 1.54) is 12.1 Å². The molecule has 108 valence electrons. The standard InChI is InChI=1S/C16H14BrFN2O/c17-15-3-1-2-14(19-15)16(21)20(13-8-9-13)10-11-4-6-12(18)7-5-11/h1-7,13H,8-10H2. The molecule has 0 N–H and O–H groups in total. The summed E-state index contributed by atoms with van der Waals surface area (Å²) in [5.41, 5.74) is 1.35. The predicted octanol–water partition coefficient (Wildman–Crippen LogP) is 3.79. The lowest BCUT2D eigenvalue weighted by Gasteiger charge is -2.22. The third-order valence-corrected chi connectivity index (χ3v) is 3.89. The minimum Gasteiger partial charge on any atom is -0.330 e. The normalized spacial score (nSPS) is 14.0. The topological polar surface area (TPSA) is 33.2 Å². The van der Waals surface area contributed by atoms with Crippen molar-refractivity contribution in [1.82, 2.24) is 9.88 Å². The van der Waals surface area contributed by atoms with E-state index in [1.807, 2.05) is 4.90 Å². The van der Waals surface area contributed by atoms with Gasteiger partial charge in [0.1, 0.15) is 16.1 Å². The Morgan fingerprint density at radius 3 is 2.57 bits per heavy atom. The minimum absolute atomic E-state index is 0.0804. The van der Waals surface area contributed by atoms with Gasteiger partial charge in [0.15, 0.2) is 0 Å². The number of amides is 1. The van der Waals surface area contributed by atoms with Gasteiger partial charge in [-0.15, -0.1) is 0 Å². The van der Waals surface area contributed by atoms with E-state index in [9.17, 15) is 9.18 Å². The summed E-state index contributed by atoms with van der Waals surface area (Å²) in [4.78, 5) is 18.7. The first-order valence-corrected chi connectivity index (χ1v) is 7.61. The second-order valence-electron chi connectivity index (χ2n) is 5.14. The van der Waals surface area contributed by atoms with Gasteiger partial charge in [0.25, 0.3) is 5.91 Å². The zero-order valence-electron chi connectivity index (χ0n) is 11.3. The number of hydrogen-bond donors (Lipinski definition) is 0. The lowest BCUT2D eigenvalue weighted by atomic mass is 10.2. The number of rotatable bonds is 4. The van der Waals surface area contributed by atoms with Crippen molar-refractivity contribution in [3.05, 3.63) is 64.1 Å². The van der Waals surface area contributed by atoms with E-state index < -0.39 is 0 Å². The number of carbonyl (C=O) groups excluding carboxylic acids is 1. The summed E-state index contributed by atoms with van der Waals surface area (Å²) < 4.78 is 13.6. The van der Waals surface area contributed by atoms with Crippen LogP contribution >= 0.6 is 15.9 Å². The molecule has 3 nitrogen and oxygen atoms in total. The molecule has 1 aliphatic rings. The number of benzene rings is 1. The summed E-state index contributed by atoms with van der Waals surface area (Å²) >= 11 is 3.28. The molecule has 0 aliphatic heterocycles. The van der Waals surface area contributed by atoms with Crippen LogP contribution in [0.2, 0.25) is 0 Å². The Kier molecular flexibility index (Phi) is 4.01. The molecule has 1 heterocycles. The van der Waals surface area contributed by atoms with Crippen LogP contribution in [0.4, 0.5) is 4.39 Å². The second kappa shape index (κ2) is 5.93. The van der Waals surface area contributed by atoms with Gasteiger partial charge in [0, 0.05) is 12.6 Å². The molecule has 0 spiro atoms. The molecule has 0 bridgehead atoms. The molecule has 0 atom stereocenters. The highest BCUT2D eigenvalue weighted by Gasteiger charge is 2.33. The molecule has 21 heavy (non-hydrogen) atoms. The largest absolute Gasteiger partial charge is 0.330 e. The Labute approximate surface area is 130 Å². The molecule has 0 saturated heterocycles. The van der Waals surface area contributed by atoms with Crippen molar-refractivity contribution in [1.29, 1.82) is 0 Å². The average molecular weight is 349 g/mol. The lowest BCUT2D eigenvalue weighted by Crippen LogP contribution is -2.33. The Morgan fingerprint density at radius 1 is 1.24 bits per heavy atom. The summed E-state index contributed by atoms with van der Waals surface area (Å²) in [6, 6.07) is 11.8. The zero-order valence-corrected chi connectivity index (χ0v) is 12.9. The van der Waals surface area contributed by atoms with Crippen LogP contribution in [0, 0.1) is 5.82 Å². The molecule has 1 aromatic heterocycles. The van der Waals surface area contributed by atoms with Crippen LogP contribution in [-0.4, -0.2) is 21.8 Å². The molecule has 1 amide bonds. The number of halogens is 2. The predicted molar refractivity (Wildman–Crippen MR) is 81.2 cm³/mol. The highest BCUT2D eigenvalue weighted by atomic mass is 79.9. The maximum absolute atomic E-state index is 13.0. The molecule has 2 aromatic rings. The lowest BCUT2D eigenvalue weighted by molar-refractivity contribution is 0.0723. The highest BCUT2D eigenvalue weighted by molar-refractivity contribution is 9.10. The molecular weight excluding hydrogens is 335 g/mol. The van der Waals surface area contributed by atoms with E-state index in [1.54, 1.807) is 30.3 Å². The molecule has 5 heteroatoms. The summed E-state index contributed by atoms with van der Waals surface area (Å²) in [6.07, 6.45) is 2.03. The first-order valence-electron chi connectivity index (χ1n) is 6.81. The SMILES string of the molecule is O=C(c1cccc(Br)n1)N(Cc1ccc(F)cc1)C1CC1. The molecule has 1 saturated carbocycles.